The minimum atomic E-state index is -3.68. The van der Waals surface area contributed by atoms with Crippen LogP contribution >= 0.6 is 11.6 Å². The number of amides is 1. The molecule has 0 radical (unpaired) electrons. The van der Waals surface area contributed by atoms with Crippen molar-refractivity contribution < 1.29 is 22.7 Å². The van der Waals surface area contributed by atoms with Crippen LogP contribution in [0.1, 0.15) is 18.4 Å². The van der Waals surface area contributed by atoms with Gasteiger partial charge < -0.3 is 14.8 Å². The van der Waals surface area contributed by atoms with E-state index in [4.69, 9.17) is 21.1 Å². The number of benzene rings is 2. The average Bonchev–Trinajstić information content (AvgIpc) is 2.86. The van der Waals surface area contributed by atoms with Crippen molar-refractivity contribution in [3.63, 3.8) is 0 Å². The minimum Gasteiger partial charge on any atom is -0.495 e. The molecule has 2 aromatic rings. The number of sulfonamides is 1. The van der Waals surface area contributed by atoms with Crippen LogP contribution in [0.5, 0.6) is 5.75 Å². The first-order chi connectivity index (χ1) is 16.4. The molecule has 0 aliphatic carbocycles. The van der Waals surface area contributed by atoms with E-state index in [2.05, 4.69) is 10.2 Å². The molecule has 0 spiro atoms. The highest BCUT2D eigenvalue weighted by Crippen LogP contribution is 2.31. The van der Waals surface area contributed by atoms with Crippen molar-refractivity contribution in [1.29, 1.82) is 0 Å². The average molecular weight is 508 g/mol. The summed E-state index contributed by atoms with van der Waals surface area (Å²) in [6, 6.07) is 12.4. The van der Waals surface area contributed by atoms with Crippen molar-refractivity contribution in [3.05, 3.63) is 53.1 Å². The Morgan fingerprint density at radius 3 is 2.50 bits per heavy atom. The first-order valence-corrected chi connectivity index (χ1v) is 13.2. The van der Waals surface area contributed by atoms with Gasteiger partial charge in [-0.25, -0.2) is 8.42 Å². The van der Waals surface area contributed by atoms with Crippen molar-refractivity contribution in [1.82, 2.24) is 9.21 Å². The Balaban J connectivity index is 1.40. The summed E-state index contributed by atoms with van der Waals surface area (Å²) in [6.07, 6.45) is 1.43. The second-order valence-corrected chi connectivity index (χ2v) is 10.9. The lowest BCUT2D eigenvalue weighted by Crippen LogP contribution is -2.40. The molecule has 34 heavy (non-hydrogen) atoms. The highest BCUT2D eigenvalue weighted by Gasteiger charge is 2.29. The molecule has 1 N–H and O–H groups in total. The van der Waals surface area contributed by atoms with Gasteiger partial charge in [-0.1, -0.05) is 29.8 Å². The molecule has 2 aliphatic heterocycles. The van der Waals surface area contributed by atoms with E-state index < -0.39 is 10.0 Å². The molecule has 2 aliphatic rings. The second-order valence-electron chi connectivity index (χ2n) is 8.51. The topological polar surface area (TPSA) is 88.2 Å². The molecule has 0 aromatic heterocycles. The lowest BCUT2D eigenvalue weighted by atomic mass is 9.95. The molecule has 8 nitrogen and oxygen atoms in total. The number of morpholine rings is 1. The summed E-state index contributed by atoms with van der Waals surface area (Å²) in [6.45, 7) is 3.68. The predicted molar refractivity (Wildman–Crippen MR) is 131 cm³/mol. The van der Waals surface area contributed by atoms with Crippen molar-refractivity contribution in [2.75, 3.05) is 51.8 Å². The van der Waals surface area contributed by atoms with E-state index in [1.165, 1.54) is 23.5 Å². The van der Waals surface area contributed by atoms with E-state index in [1.54, 1.807) is 6.07 Å². The molecule has 184 valence electrons. The van der Waals surface area contributed by atoms with Crippen LogP contribution in [-0.4, -0.2) is 70.0 Å². The van der Waals surface area contributed by atoms with E-state index in [9.17, 15) is 13.2 Å². The molecule has 0 bridgehead atoms. The van der Waals surface area contributed by atoms with Gasteiger partial charge in [0.25, 0.3) is 0 Å². The number of piperidine rings is 1. The van der Waals surface area contributed by atoms with Crippen LogP contribution in [0.25, 0.3) is 0 Å². The fourth-order valence-corrected chi connectivity index (χ4v) is 5.97. The van der Waals surface area contributed by atoms with Crippen molar-refractivity contribution in [2.45, 2.75) is 24.3 Å². The van der Waals surface area contributed by atoms with Gasteiger partial charge in [0.1, 0.15) is 5.75 Å². The van der Waals surface area contributed by atoms with E-state index in [0.29, 0.717) is 50.6 Å². The van der Waals surface area contributed by atoms with Gasteiger partial charge in [0.2, 0.25) is 15.9 Å². The predicted octanol–water partition coefficient (Wildman–Crippen LogP) is 3.22. The molecule has 2 saturated heterocycles. The summed E-state index contributed by atoms with van der Waals surface area (Å²) in [5.74, 6) is 0.133. The van der Waals surface area contributed by atoms with Gasteiger partial charge >= 0.3 is 0 Å². The zero-order valence-electron chi connectivity index (χ0n) is 19.2. The normalized spacial score (nSPS) is 18.5. The Morgan fingerprint density at radius 1 is 1.12 bits per heavy atom. The van der Waals surface area contributed by atoms with Gasteiger partial charge in [0.05, 0.1) is 30.9 Å². The number of carbonyl (C=O) groups is 1. The number of nitrogens with zero attached hydrogens (tertiary/aromatic N) is 2. The third-order valence-corrected chi connectivity index (χ3v) is 8.61. The third kappa shape index (κ3) is 5.72. The van der Waals surface area contributed by atoms with Gasteiger partial charge in [0.15, 0.2) is 0 Å². The maximum absolute atomic E-state index is 13.0. The summed E-state index contributed by atoms with van der Waals surface area (Å²) in [5.41, 5.74) is 1.44. The van der Waals surface area contributed by atoms with E-state index >= 15 is 0 Å². The first-order valence-electron chi connectivity index (χ1n) is 11.4. The maximum atomic E-state index is 13.0. The van der Waals surface area contributed by atoms with Crippen molar-refractivity contribution >= 4 is 33.2 Å². The molecule has 2 heterocycles. The van der Waals surface area contributed by atoms with Crippen LogP contribution in [0.3, 0.4) is 0 Å². The molecule has 0 atom stereocenters. The SMILES string of the molecule is COc1ccc(S(=O)(=O)N2CCOCC2)cc1NC(=O)C1CCN(Cc2ccccc2Cl)CC1. The first kappa shape index (κ1) is 24.9. The minimum absolute atomic E-state index is 0.125. The number of nitrogens with one attached hydrogen (secondary N) is 1. The van der Waals surface area contributed by atoms with Crippen LogP contribution in [0.4, 0.5) is 5.69 Å². The molecular weight excluding hydrogens is 478 g/mol. The summed E-state index contributed by atoms with van der Waals surface area (Å²) in [5, 5.41) is 3.66. The van der Waals surface area contributed by atoms with Crippen molar-refractivity contribution in [3.8, 4) is 5.75 Å². The fraction of sp³-hybridized carbons (Fsp3) is 0.458. The molecule has 2 fully saturated rings. The van der Waals surface area contributed by atoms with E-state index in [0.717, 1.165) is 30.2 Å². The summed E-state index contributed by atoms with van der Waals surface area (Å²) in [4.78, 5) is 15.5. The molecular formula is C24H30ClN3O5S. The number of methoxy groups -OCH3 is 1. The highest BCUT2D eigenvalue weighted by molar-refractivity contribution is 7.89. The Bertz CT molecular complexity index is 1110. The van der Waals surface area contributed by atoms with Crippen LogP contribution in [0.2, 0.25) is 5.02 Å². The number of hydrogen-bond acceptors (Lipinski definition) is 6. The standard InChI is InChI=1S/C24H30ClN3O5S/c1-32-23-7-6-20(34(30,31)28-12-14-33-15-13-28)16-22(23)26-24(29)18-8-10-27(11-9-18)17-19-4-2-3-5-21(19)25/h2-7,16,18H,8-15,17H2,1H3,(H,26,29). The molecule has 0 saturated carbocycles. The lowest BCUT2D eigenvalue weighted by molar-refractivity contribution is -0.121. The monoisotopic (exact) mass is 507 g/mol. The maximum Gasteiger partial charge on any atom is 0.243 e. The van der Waals surface area contributed by atoms with Gasteiger partial charge in [0, 0.05) is 30.6 Å². The largest absolute Gasteiger partial charge is 0.495 e. The zero-order valence-corrected chi connectivity index (χ0v) is 20.8. The van der Waals surface area contributed by atoms with Gasteiger partial charge in [-0.2, -0.15) is 4.31 Å². The number of likely N-dealkylation sites (tertiary alicyclic amines) is 1. The Labute approximate surface area is 205 Å². The van der Waals surface area contributed by atoms with Gasteiger partial charge in [-0.15, -0.1) is 0 Å². The van der Waals surface area contributed by atoms with E-state index in [-0.39, 0.29) is 16.7 Å². The Morgan fingerprint density at radius 2 is 1.82 bits per heavy atom. The number of rotatable bonds is 7. The van der Waals surface area contributed by atoms with E-state index in [1.807, 2.05) is 24.3 Å². The second kappa shape index (κ2) is 11.0. The number of ether oxygens (including phenoxy) is 2. The van der Waals surface area contributed by atoms with Crippen LogP contribution < -0.4 is 10.1 Å². The Kier molecular flexibility index (Phi) is 8.10. The molecule has 2 aromatic carbocycles. The number of anilines is 1. The number of halogens is 1. The van der Waals surface area contributed by atoms with Crippen LogP contribution in [-0.2, 0) is 26.1 Å². The highest BCUT2D eigenvalue weighted by atomic mass is 35.5. The molecule has 1 amide bonds. The zero-order chi connectivity index (χ0) is 24.1. The lowest BCUT2D eigenvalue weighted by Gasteiger charge is -2.31. The molecule has 4 rings (SSSR count). The molecule has 0 unspecified atom stereocenters. The van der Waals surface area contributed by atoms with Gasteiger partial charge in [-0.3, -0.25) is 9.69 Å². The van der Waals surface area contributed by atoms with Crippen molar-refractivity contribution in [2.24, 2.45) is 5.92 Å². The summed E-state index contributed by atoms with van der Waals surface area (Å²) in [7, 11) is -2.19. The third-order valence-electron chi connectivity index (χ3n) is 6.35. The smallest absolute Gasteiger partial charge is 0.243 e. The summed E-state index contributed by atoms with van der Waals surface area (Å²) < 4.78 is 38.1. The van der Waals surface area contributed by atoms with Gasteiger partial charge in [-0.05, 0) is 55.8 Å². The number of carbonyl (C=O) groups excluding carboxylic acids is 1. The van der Waals surface area contributed by atoms with Crippen LogP contribution in [0, 0.1) is 5.92 Å². The molecule has 10 heteroatoms. The number of hydrogen-bond donors (Lipinski definition) is 1. The summed E-state index contributed by atoms with van der Waals surface area (Å²) >= 11 is 6.28. The Hall–Kier alpha value is -2.17. The quantitative estimate of drug-likeness (QED) is 0.619. The van der Waals surface area contributed by atoms with Crippen LogP contribution in [0.15, 0.2) is 47.4 Å². The fourth-order valence-electron chi connectivity index (χ4n) is 4.34.